The summed E-state index contributed by atoms with van der Waals surface area (Å²) in [5.74, 6) is 1.25. The van der Waals surface area contributed by atoms with E-state index in [2.05, 4.69) is 35.1 Å². The fourth-order valence-electron chi connectivity index (χ4n) is 5.94. The molecule has 0 radical (unpaired) electrons. The van der Waals surface area contributed by atoms with Gasteiger partial charge in [0, 0.05) is 35.6 Å². The van der Waals surface area contributed by atoms with Gasteiger partial charge in [-0.25, -0.2) is 0 Å². The molecule has 7 heteroatoms. The Hall–Kier alpha value is -2.54. The molecule has 178 valence electrons. The van der Waals surface area contributed by atoms with E-state index in [4.69, 9.17) is 4.74 Å². The number of carbonyl (C=O) groups is 2. The van der Waals surface area contributed by atoms with Crippen molar-refractivity contribution < 1.29 is 14.3 Å². The van der Waals surface area contributed by atoms with E-state index < -0.39 is 12.1 Å². The number of fused-ring (bicyclic) bond motifs is 4. The zero-order valence-corrected chi connectivity index (χ0v) is 20.0. The number of hydrogen-bond donors (Lipinski definition) is 2. The zero-order chi connectivity index (χ0) is 23.1. The van der Waals surface area contributed by atoms with Gasteiger partial charge in [0.25, 0.3) is 0 Å². The summed E-state index contributed by atoms with van der Waals surface area (Å²) in [6, 6.07) is 5.03. The van der Waals surface area contributed by atoms with Crippen LogP contribution >= 0.6 is 0 Å². The summed E-state index contributed by atoms with van der Waals surface area (Å²) in [7, 11) is 1.67. The van der Waals surface area contributed by atoms with Crippen LogP contribution in [0.1, 0.15) is 63.3 Å². The molecule has 1 aromatic carbocycles. The zero-order valence-electron chi connectivity index (χ0n) is 20.0. The van der Waals surface area contributed by atoms with Crippen LogP contribution in [0.15, 0.2) is 18.2 Å². The second-order valence-corrected chi connectivity index (χ2v) is 10.3. The Morgan fingerprint density at radius 3 is 2.67 bits per heavy atom. The second-order valence-electron chi connectivity index (χ2n) is 10.3. The Labute approximate surface area is 195 Å². The van der Waals surface area contributed by atoms with E-state index in [0.29, 0.717) is 18.8 Å². The average Bonchev–Trinajstić information content (AvgIpc) is 3.18. The van der Waals surface area contributed by atoms with Gasteiger partial charge in [-0.2, -0.15) is 0 Å². The number of piperidine rings is 1. The van der Waals surface area contributed by atoms with Crippen LogP contribution in [-0.4, -0.2) is 65.4 Å². The average molecular weight is 453 g/mol. The number of H-pyrrole nitrogens is 1. The highest BCUT2D eigenvalue weighted by atomic mass is 16.5. The molecule has 1 aromatic heterocycles. The van der Waals surface area contributed by atoms with Gasteiger partial charge in [-0.05, 0) is 62.4 Å². The monoisotopic (exact) mass is 452 g/mol. The highest BCUT2D eigenvalue weighted by Crippen LogP contribution is 2.42. The molecule has 0 unspecified atom stereocenters. The first-order valence-electron chi connectivity index (χ1n) is 12.5. The summed E-state index contributed by atoms with van der Waals surface area (Å²) in [6.45, 7) is 7.41. The third-order valence-corrected chi connectivity index (χ3v) is 7.60. The number of likely N-dealkylation sites (tertiary alicyclic amines) is 1. The van der Waals surface area contributed by atoms with E-state index in [-0.39, 0.29) is 17.9 Å². The Kier molecular flexibility index (Phi) is 6.08. The van der Waals surface area contributed by atoms with Crippen LogP contribution in [0.5, 0.6) is 5.75 Å². The highest BCUT2D eigenvalue weighted by Gasteiger charge is 2.48. The van der Waals surface area contributed by atoms with Gasteiger partial charge in [0.1, 0.15) is 17.8 Å². The van der Waals surface area contributed by atoms with Crippen molar-refractivity contribution in [2.24, 2.45) is 5.92 Å². The number of piperazine rings is 1. The van der Waals surface area contributed by atoms with Crippen molar-refractivity contribution in [2.75, 3.05) is 26.7 Å². The summed E-state index contributed by atoms with van der Waals surface area (Å²) in [5.41, 5.74) is 3.25. The lowest BCUT2D eigenvalue weighted by atomic mass is 9.85. The van der Waals surface area contributed by atoms with E-state index in [1.807, 2.05) is 17.0 Å². The van der Waals surface area contributed by atoms with Crippen LogP contribution in [0, 0.1) is 5.92 Å². The van der Waals surface area contributed by atoms with Gasteiger partial charge in [0.2, 0.25) is 11.8 Å². The molecule has 0 saturated carbocycles. The highest BCUT2D eigenvalue weighted by molar-refractivity contribution is 5.99. The van der Waals surface area contributed by atoms with E-state index in [1.165, 1.54) is 19.3 Å². The number of amides is 2. The minimum atomic E-state index is -0.443. The molecule has 33 heavy (non-hydrogen) atoms. The smallest absolute Gasteiger partial charge is 0.246 e. The topological polar surface area (TPSA) is 77.7 Å². The van der Waals surface area contributed by atoms with Crippen LogP contribution in [0.4, 0.5) is 0 Å². The number of aromatic amines is 1. The van der Waals surface area contributed by atoms with Gasteiger partial charge in [0.15, 0.2) is 0 Å². The Balaban J connectivity index is 1.46. The number of hydrogen-bond acceptors (Lipinski definition) is 4. The van der Waals surface area contributed by atoms with Gasteiger partial charge in [-0.3, -0.25) is 9.59 Å². The summed E-state index contributed by atoms with van der Waals surface area (Å²) in [6.07, 6.45) is 5.80. The molecule has 2 N–H and O–H groups in total. The summed E-state index contributed by atoms with van der Waals surface area (Å²) >= 11 is 0. The molecular weight excluding hydrogens is 416 g/mol. The lowest BCUT2D eigenvalue weighted by Gasteiger charge is -2.47. The number of carbonyl (C=O) groups excluding carboxylic acids is 2. The Morgan fingerprint density at radius 1 is 1.15 bits per heavy atom. The van der Waals surface area contributed by atoms with Gasteiger partial charge in [-0.15, -0.1) is 0 Å². The molecule has 7 nitrogen and oxygen atoms in total. The van der Waals surface area contributed by atoms with E-state index in [0.717, 1.165) is 54.0 Å². The van der Waals surface area contributed by atoms with Gasteiger partial charge in [-0.1, -0.05) is 20.3 Å². The third-order valence-electron chi connectivity index (χ3n) is 7.60. The first-order chi connectivity index (χ1) is 16.0. The summed E-state index contributed by atoms with van der Waals surface area (Å²) < 4.78 is 5.41. The first-order valence-corrected chi connectivity index (χ1v) is 12.5. The lowest BCUT2D eigenvalue weighted by Crippen LogP contribution is -2.66. The summed E-state index contributed by atoms with van der Waals surface area (Å²) in [5, 5.41) is 4.20. The SMILES string of the molecule is COc1ccc2c3c([nH]c2c1)[C@H](CC(C)C)N1C(=O)[C@H](CCN2CCCCC2)NC(=O)[C@@H]1C3. The van der Waals surface area contributed by atoms with Gasteiger partial charge in [0.05, 0.1) is 13.2 Å². The first kappa shape index (κ1) is 22.3. The Bertz CT molecular complexity index is 1040. The van der Waals surface area contributed by atoms with Crippen LogP contribution < -0.4 is 10.1 Å². The molecule has 2 fully saturated rings. The predicted octanol–water partition coefficient (Wildman–Crippen LogP) is 3.39. The van der Waals surface area contributed by atoms with Crippen molar-refractivity contribution >= 4 is 22.7 Å². The molecule has 2 aromatic rings. The molecule has 0 spiro atoms. The number of ether oxygens (including phenoxy) is 1. The standard InChI is InChI=1S/C26H36N4O3/c1-16(2)13-22-24-19(18-8-7-17(33-3)14-21(18)27-24)15-23-25(31)28-20(26(32)30(22)23)9-12-29-10-5-4-6-11-29/h7-8,14,16,20,22-23,27H,4-6,9-13,15H2,1-3H3,(H,28,31)/t20-,22-,23-/m0/s1. The number of benzene rings is 1. The maximum atomic E-state index is 13.8. The second kappa shape index (κ2) is 9.01. The largest absolute Gasteiger partial charge is 0.497 e. The maximum Gasteiger partial charge on any atom is 0.246 e. The molecule has 3 aliphatic heterocycles. The van der Waals surface area contributed by atoms with Gasteiger partial charge >= 0.3 is 0 Å². The molecule has 0 aliphatic carbocycles. The lowest BCUT2D eigenvalue weighted by molar-refractivity contribution is -0.154. The number of nitrogens with one attached hydrogen (secondary N) is 2. The number of aromatic nitrogens is 1. The van der Waals surface area contributed by atoms with Crippen LogP contribution in [-0.2, 0) is 16.0 Å². The molecule has 2 amide bonds. The van der Waals surface area contributed by atoms with Crippen molar-refractivity contribution in [1.82, 2.24) is 20.1 Å². The van der Waals surface area contributed by atoms with Crippen molar-refractivity contribution in [3.05, 3.63) is 29.5 Å². The van der Waals surface area contributed by atoms with E-state index >= 15 is 0 Å². The minimum absolute atomic E-state index is 0.0134. The van der Waals surface area contributed by atoms with Gasteiger partial charge < -0.3 is 24.8 Å². The predicted molar refractivity (Wildman–Crippen MR) is 128 cm³/mol. The van der Waals surface area contributed by atoms with E-state index in [9.17, 15) is 9.59 Å². The molecule has 2 saturated heterocycles. The number of methoxy groups -OCH3 is 1. The summed E-state index contributed by atoms with van der Waals surface area (Å²) in [4.78, 5) is 35.0. The normalized spacial score (nSPS) is 25.8. The maximum absolute atomic E-state index is 13.8. The molecular formula is C26H36N4O3. The molecule has 5 rings (SSSR count). The molecule has 4 heterocycles. The number of rotatable bonds is 6. The quantitative estimate of drug-likeness (QED) is 0.704. The molecule has 3 aliphatic rings. The fourth-order valence-corrected chi connectivity index (χ4v) is 5.94. The van der Waals surface area contributed by atoms with Crippen molar-refractivity contribution in [3.8, 4) is 5.75 Å². The van der Waals surface area contributed by atoms with Crippen molar-refractivity contribution in [1.29, 1.82) is 0 Å². The van der Waals surface area contributed by atoms with Crippen molar-refractivity contribution in [3.63, 3.8) is 0 Å². The molecule has 3 atom stereocenters. The number of nitrogens with zero attached hydrogens (tertiary/aromatic N) is 2. The van der Waals surface area contributed by atoms with Crippen LogP contribution in [0.2, 0.25) is 0 Å². The van der Waals surface area contributed by atoms with Crippen molar-refractivity contribution in [2.45, 2.75) is 70.5 Å². The molecule has 0 bridgehead atoms. The van der Waals surface area contributed by atoms with Crippen LogP contribution in [0.25, 0.3) is 10.9 Å². The van der Waals surface area contributed by atoms with E-state index in [1.54, 1.807) is 7.11 Å². The fraction of sp³-hybridized carbons (Fsp3) is 0.615. The van der Waals surface area contributed by atoms with Crippen LogP contribution in [0.3, 0.4) is 0 Å². The third kappa shape index (κ3) is 4.12. The minimum Gasteiger partial charge on any atom is -0.497 e. The Morgan fingerprint density at radius 2 is 1.94 bits per heavy atom.